The molecule has 1 aliphatic rings. The number of alkyl halides is 3. The van der Waals surface area contributed by atoms with E-state index in [1.54, 1.807) is 24.3 Å². The zero-order valence-electron chi connectivity index (χ0n) is 11.4. The fourth-order valence-electron chi connectivity index (χ4n) is 2.28. The number of rotatable bonds is 2. The second-order valence-corrected chi connectivity index (χ2v) is 5.22. The van der Waals surface area contributed by atoms with Crippen molar-refractivity contribution in [3.05, 3.63) is 58.6 Å². The molecule has 118 valence electrons. The normalized spacial score (nSPS) is 15.5. The molecule has 1 N–H and O–H groups in total. The van der Waals surface area contributed by atoms with Gasteiger partial charge in [-0.3, -0.25) is 4.79 Å². The van der Waals surface area contributed by atoms with Crippen LogP contribution in [0.1, 0.15) is 11.1 Å². The van der Waals surface area contributed by atoms with Crippen LogP contribution in [-0.4, -0.2) is 12.3 Å². The van der Waals surface area contributed by atoms with Gasteiger partial charge in [-0.1, -0.05) is 35.9 Å². The van der Waals surface area contributed by atoms with E-state index in [1.807, 2.05) is 0 Å². The first-order valence-corrected chi connectivity index (χ1v) is 6.89. The molecule has 2 aromatic rings. The lowest BCUT2D eigenvalue weighted by Gasteiger charge is -2.11. The number of anilines is 1. The van der Waals surface area contributed by atoms with Gasteiger partial charge in [0.15, 0.2) is 0 Å². The lowest BCUT2D eigenvalue weighted by Crippen LogP contribution is -2.17. The number of nitrogens with one attached hydrogen (secondary N) is 1. The number of amides is 1. The molecule has 0 radical (unpaired) electrons. The van der Waals surface area contributed by atoms with Gasteiger partial charge in [-0.15, -0.1) is 13.2 Å². The van der Waals surface area contributed by atoms with Crippen molar-refractivity contribution in [3.63, 3.8) is 0 Å². The summed E-state index contributed by atoms with van der Waals surface area (Å²) in [6.07, 6.45) is -3.45. The number of para-hydroxylation sites is 1. The second-order valence-electron chi connectivity index (χ2n) is 4.79. The van der Waals surface area contributed by atoms with E-state index >= 15 is 0 Å². The van der Waals surface area contributed by atoms with E-state index in [1.165, 1.54) is 24.3 Å². The zero-order valence-corrected chi connectivity index (χ0v) is 12.2. The minimum Gasteiger partial charge on any atom is -0.405 e. The maximum Gasteiger partial charge on any atom is 0.573 e. The Morgan fingerprint density at radius 1 is 1.13 bits per heavy atom. The maximum absolute atomic E-state index is 12.5. The largest absolute Gasteiger partial charge is 0.573 e. The molecule has 2 aromatic carbocycles. The van der Waals surface area contributed by atoms with E-state index in [2.05, 4.69) is 10.1 Å². The van der Waals surface area contributed by atoms with Crippen LogP contribution in [0.5, 0.6) is 5.75 Å². The fraction of sp³-hybridized carbons (Fsp3) is 0.0625. The molecule has 3 rings (SSSR count). The number of benzene rings is 2. The average molecular weight is 340 g/mol. The Kier molecular flexibility index (Phi) is 3.77. The molecule has 0 aromatic heterocycles. The highest BCUT2D eigenvalue weighted by molar-refractivity contribution is 6.36. The number of fused-ring (bicyclic) bond motifs is 1. The topological polar surface area (TPSA) is 38.3 Å². The van der Waals surface area contributed by atoms with Crippen molar-refractivity contribution in [2.24, 2.45) is 0 Å². The number of carbonyl (C=O) groups excluding carboxylic acids is 1. The molecular weight excluding hydrogens is 331 g/mol. The molecule has 0 aliphatic carbocycles. The standard InChI is InChI=1S/C16H9ClF3NO2/c17-10-5-6-11-12(15(22)21-13(11)8-10)7-9-3-1-2-4-14(9)23-16(18,19)20/h1-8H,(H,21,22)/b12-7+. The molecule has 0 saturated carbocycles. The third kappa shape index (κ3) is 3.32. The summed E-state index contributed by atoms with van der Waals surface area (Å²) in [5.74, 6) is -0.785. The van der Waals surface area contributed by atoms with Crippen molar-refractivity contribution < 1.29 is 22.7 Å². The molecule has 0 saturated heterocycles. The highest BCUT2D eigenvalue weighted by Gasteiger charge is 2.32. The first-order chi connectivity index (χ1) is 10.8. The molecule has 0 atom stereocenters. The van der Waals surface area contributed by atoms with Gasteiger partial charge in [0.25, 0.3) is 5.91 Å². The molecule has 23 heavy (non-hydrogen) atoms. The van der Waals surface area contributed by atoms with Crippen molar-refractivity contribution in [2.75, 3.05) is 5.32 Å². The van der Waals surface area contributed by atoms with Crippen LogP contribution in [0.4, 0.5) is 18.9 Å². The van der Waals surface area contributed by atoms with Crippen LogP contribution in [-0.2, 0) is 4.79 Å². The summed E-state index contributed by atoms with van der Waals surface area (Å²) < 4.78 is 41.4. The van der Waals surface area contributed by atoms with Crippen LogP contribution >= 0.6 is 11.6 Å². The summed E-state index contributed by atoms with van der Waals surface area (Å²) in [5.41, 5.74) is 1.48. The molecule has 0 bridgehead atoms. The minimum absolute atomic E-state index is 0.151. The Balaban J connectivity index is 2.05. The predicted octanol–water partition coefficient (Wildman–Crippen LogP) is 4.73. The Hall–Kier alpha value is -2.47. The first-order valence-electron chi connectivity index (χ1n) is 6.51. The van der Waals surface area contributed by atoms with Gasteiger partial charge >= 0.3 is 6.36 Å². The van der Waals surface area contributed by atoms with Crippen LogP contribution < -0.4 is 10.1 Å². The van der Waals surface area contributed by atoms with Gasteiger partial charge in [0.1, 0.15) is 5.75 Å². The number of hydrogen-bond donors (Lipinski definition) is 1. The average Bonchev–Trinajstić information content (AvgIpc) is 2.74. The molecule has 0 unspecified atom stereocenters. The van der Waals surface area contributed by atoms with Crippen LogP contribution in [0.3, 0.4) is 0 Å². The summed E-state index contributed by atoms with van der Waals surface area (Å²) >= 11 is 5.86. The first kappa shape index (κ1) is 15.4. The molecule has 3 nitrogen and oxygen atoms in total. The van der Waals surface area contributed by atoms with E-state index in [9.17, 15) is 18.0 Å². The van der Waals surface area contributed by atoms with E-state index in [-0.39, 0.29) is 16.9 Å². The van der Waals surface area contributed by atoms with E-state index < -0.39 is 12.3 Å². The van der Waals surface area contributed by atoms with E-state index in [0.29, 0.717) is 16.3 Å². The molecule has 0 spiro atoms. The van der Waals surface area contributed by atoms with Gasteiger partial charge in [0, 0.05) is 21.7 Å². The fourth-order valence-corrected chi connectivity index (χ4v) is 2.46. The maximum atomic E-state index is 12.5. The number of ether oxygens (including phenoxy) is 1. The summed E-state index contributed by atoms with van der Waals surface area (Å²) in [6, 6.07) is 10.4. The Morgan fingerprint density at radius 3 is 2.61 bits per heavy atom. The number of halogens is 4. The molecule has 1 heterocycles. The van der Waals surface area contributed by atoms with Gasteiger partial charge in [0.2, 0.25) is 0 Å². The molecular formula is C16H9ClF3NO2. The van der Waals surface area contributed by atoms with Gasteiger partial charge in [-0.25, -0.2) is 0 Å². The van der Waals surface area contributed by atoms with Crippen LogP contribution in [0.15, 0.2) is 42.5 Å². The van der Waals surface area contributed by atoms with Gasteiger partial charge < -0.3 is 10.1 Å². The zero-order chi connectivity index (χ0) is 16.6. The van der Waals surface area contributed by atoms with E-state index in [4.69, 9.17) is 11.6 Å². The van der Waals surface area contributed by atoms with Crippen molar-refractivity contribution in [2.45, 2.75) is 6.36 Å². The molecule has 0 fully saturated rings. The Labute approximate surface area is 134 Å². The van der Waals surface area contributed by atoms with Gasteiger partial charge in [0.05, 0.1) is 5.69 Å². The van der Waals surface area contributed by atoms with Gasteiger partial charge in [-0.2, -0.15) is 0 Å². The Morgan fingerprint density at radius 2 is 1.87 bits per heavy atom. The van der Waals surface area contributed by atoms with Crippen molar-refractivity contribution in [1.82, 2.24) is 0 Å². The lowest BCUT2D eigenvalue weighted by atomic mass is 10.0. The minimum atomic E-state index is -4.81. The SMILES string of the molecule is O=C1Nc2cc(Cl)ccc2/C1=C\c1ccccc1OC(F)(F)F. The van der Waals surface area contributed by atoms with Crippen molar-refractivity contribution >= 4 is 34.8 Å². The smallest absolute Gasteiger partial charge is 0.405 e. The molecule has 1 aliphatic heterocycles. The van der Waals surface area contributed by atoms with Crippen LogP contribution in [0, 0.1) is 0 Å². The van der Waals surface area contributed by atoms with Crippen molar-refractivity contribution in [3.8, 4) is 5.75 Å². The highest BCUT2D eigenvalue weighted by Crippen LogP contribution is 2.36. The van der Waals surface area contributed by atoms with Gasteiger partial charge in [-0.05, 0) is 24.3 Å². The summed E-state index contributed by atoms with van der Waals surface area (Å²) in [5, 5.41) is 3.07. The van der Waals surface area contributed by atoms with Crippen LogP contribution in [0.2, 0.25) is 5.02 Å². The van der Waals surface area contributed by atoms with Crippen molar-refractivity contribution in [1.29, 1.82) is 0 Å². The summed E-state index contributed by atoms with van der Waals surface area (Å²) in [4.78, 5) is 12.1. The quantitative estimate of drug-likeness (QED) is 0.803. The lowest BCUT2D eigenvalue weighted by molar-refractivity contribution is -0.274. The highest BCUT2D eigenvalue weighted by atomic mass is 35.5. The number of hydrogen-bond acceptors (Lipinski definition) is 2. The third-order valence-electron chi connectivity index (χ3n) is 3.21. The molecule has 1 amide bonds. The molecule has 7 heteroatoms. The van der Waals surface area contributed by atoms with Crippen LogP contribution in [0.25, 0.3) is 11.6 Å². The monoisotopic (exact) mass is 339 g/mol. The van der Waals surface area contributed by atoms with E-state index in [0.717, 1.165) is 0 Å². The third-order valence-corrected chi connectivity index (χ3v) is 3.44. The Bertz CT molecular complexity index is 815. The summed E-state index contributed by atoms with van der Waals surface area (Å²) in [6.45, 7) is 0. The second kappa shape index (κ2) is 5.62. The summed E-state index contributed by atoms with van der Waals surface area (Å²) in [7, 11) is 0. The predicted molar refractivity (Wildman–Crippen MR) is 81.1 cm³/mol. The number of carbonyl (C=O) groups is 1.